The van der Waals surface area contributed by atoms with Crippen LogP contribution in [0.2, 0.25) is 0 Å². The summed E-state index contributed by atoms with van der Waals surface area (Å²) in [4.78, 5) is 11.4. The molecule has 3 nitrogen and oxygen atoms in total. The van der Waals surface area contributed by atoms with Gasteiger partial charge >= 0.3 is 0 Å². The molecule has 0 saturated heterocycles. The van der Waals surface area contributed by atoms with Gasteiger partial charge in [0, 0.05) is 17.8 Å². The Bertz CT molecular complexity index is 233. The van der Waals surface area contributed by atoms with Gasteiger partial charge < -0.3 is 10.6 Å². The molecule has 16 heavy (non-hydrogen) atoms. The van der Waals surface area contributed by atoms with Crippen LogP contribution in [0, 0.1) is 0 Å². The van der Waals surface area contributed by atoms with Crippen molar-refractivity contribution < 1.29 is 4.79 Å². The molecule has 1 amide bonds. The molecule has 0 aromatic heterocycles. The molecule has 2 unspecified atom stereocenters. The van der Waals surface area contributed by atoms with Crippen molar-refractivity contribution in [2.24, 2.45) is 0 Å². The van der Waals surface area contributed by atoms with Gasteiger partial charge in [-0.05, 0) is 19.1 Å². The van der Waals surface area contributed by atoms with Crippen LogP contribution in [0.15, 0.2) is 12.7 Å². The Kier molecular flexibility index (Phi) is 6.57. The number of thioether (sulfide) groups is 1. The number of nitrogens with one attached hydrogen (secondary N) is 2. The molecule has 92 valence electrons. The van der Waals surface area contributed by atoms with Crippen molar-refractivity contribution in [3.8, 4) is 0 Å². The Labute approximate surface area is 102 Å². The summed E-state index contributed by atoms with van der Waals surface area (Å²) < 4.78 is 0. The van der Waals surface area contributed by atoms with Gasteiger partial charge in [-0.15, -0.1) is 6.58 Å². The summed E-state index contributed by atoms with van der Waals surface area (Å²) in [5, 5.41) is 6.81. The number of hydrogen-bond donors (Lipinski definition) is 2. The minimum atomic E-state index is 0.0605. The summed E-state index contributed by atoms with van der Waals surface area (Å²) >= 11 is 1.91. The molecule has 0 radical (unpaired) electrons. The van der Waals surface area contributed by atoms with Crippen LogP contribution < -0.4 is 10.6 Å². The van der Waals surface area contributed by atoms with E-state index in [1.54, 1.807) is 6.08 Å². The molecule has 1 fully saturated rings. The minimum absolute atomic E-state index is 0.0605. The monoisotopic (exact) mass is 242 g/mol. The van der Waals surface area contributed by atoms with Gasteiger partial charge in [-0.25, -0.2) is 0 Å². The lowest BCUT2D eigenvalue weighted by Gasteiger charge is -2.30. The Morgan fingerprint density at radius 1 is 1.50 bits per heavy atom. The Morgan fingerprint density at radius 3 is 2.94 bits per heavy atom. The summed E-state index contributed by atoms with van der Waals surface area (Å²) in [6.45, 7) is 4.55. The zero-order valence-electron chi connectivity index (χ0n) is 10.00. The van der Waals surface area contributed by atoms with Gasteiger partial charge in [-0.3, -0.25) is 4.79 Å². The maximum atomic E-state index is 11.4. The molecule has 2 N–H and O–H groups in total. The minimum Gasteiger partial charge on any atom is -0.352 e. The zero-order chi connectivity index (χ0) is 11.8. The van der Waals surface area contributed by atoms with Crippen LogP contribution in [0.1, 0.15) is 25.7 Å². The van der Waals surface area contributed by atoms with Gasteiger partial charge in [0.1, 0.15) is 0 Å². The van der Waals surface area contributed by atoms with Crippen molar-refractivity contribution in [2.75, 3.05) is 19.3 Å². The predicted octanol–water partition coefficient (Wildman–Crippen LogP) is 1.55. The van der Waals surface area contributed by atoms with Crippen molar-refractivity contribution >= 4 is 17.7 Å². The second kappa shape index (κ2) is 7.74. The first-order chi connectivity index (χ1) is 7.77. The number of amides is 1. The predicted molar refractivity (Wildman–Crippen MR) is 70.8 cm³/mol. The fourth-order valence-corrected chi connectivity index (χ4v) is 3.05. The molecule has 4 heteroatoms. The average molecular weight is 242 g/mol. The van der Waals surface area contributed by atoms with Crippen LogP contribution in [0.5, 0.6) is 0 Å². The van der Waals surface area contributed by atoms with E-state index in [1.807, 2.05) is 11.8 Å². The van der Waals surface area contributed by atoms with Crippen molar-refractivity contribution in [1.82, 2.24) is 10.6 Å². The zero-order valence-corrected chi connectivity index (χ0v) is 10.8. The van der Waals surface area contributed by atoms with Crippen molar-refractivity contribution in [3.05, 3.63) is 12.7 Å². The van der Waals surface area contributed by atoms with Crippen molar-refractivity contribution in [1.29, 1.82) is 0 Å². The largest absolute Gasteiger partial charge is 0.352 e. The third-order valence-electron chi connectivity index (χ3n) is 2.97. The van der Waals surface area contributed by atoms with Crippen LogP contribution >= 0.6 is 11.8 Å². The van der Waals surface area contributed by atoms with E-state index in [0.29, 0.717) is 24.4 Å². The molecule has 2 atom stereocenters. The highest BCUT2D eigenvalue weighted by atomic mass is 32.2. The maximum absolute atomic E-state index is 11.4. The highest BCUT2D eigenvalue weighted by Crippen LogP contribution is 2.26. The molecule has 0 aliphatic heterocycles. The molecular formula is C12H22N2OS. The number of rotatable bonds is 6. The highest BCUT2D eigenvalue weighted by Gasteiger charge is 2.23. The van der Waals surface area contributed by atoms with E-state index in [-0.39, 0.29) is 5.91 Å². The molecule has 0 aromatic rings. The van der Waals surface area contributed by atoms with Crippen molar-refractivity contribution in [2.45, 2.75) is 37.0 Å². The first-order valence-electron chi connectivity index (χ1n) is 5.91. The standard InChI is InChI=1S/C12H22N2OS/c1-3-8-13-12(15)9-14-10-6-4-5-7-11(10)16-2/h3,10-11,14H,1,4-9H2,2H3,(H,13,15). The van der Waals surface area contributed by atoms with Crippen LogP contribution in [0.3, 0.4) is 0 Å². The van der Waals surface area contributed by atoms with Crippen LogP contribution in [0.25, 0.3) is 0 Å². The van der Waals surface area contributed by atoms with E-state index in [1.165, 1.54) is 25.7 Å². The fourth-order valence-electron chi connectivity index (χ4n) is 2.08. The smallest absolute Gasteiger partial charge is 0.234 e. The van der Waals surface area contributed by atoms with E-state index >= 15 is 0 Å². The normalized spacial score (nSPS) is 25.1. The summed E-state index contributed by atoms with van der Waals surface area (Å²) in [7, 11) is 0. The van der Waals surface area contributed by atoms with Gasteiger partial charge in [-0.1, -0.05) is 18.9 Å². The first-order valence-corrected chi connectivity index (χ1v) is 7.20. The third kappa shape index (κ3) is 4.58. The lowest BCUT2D eigenvalue weighted by atomic mass is 9.95. The Morgan fingerprint density at radius 2 is 2.25 bits per heavy atom. The highest BCUT2D eigenvalue weighted by molar-refractivity contribution is 7.99. The molecule has 0 bridgehead atoms. The topological polar surface area (TPSA) is 41.1 Å². The van der Waals surface area contributed by atoms with E-state index < -0.39 is 0 Å². The molecule has 1 saturated carbocycles. The SMILES string of the molecule is C=CCNC(=O)CNC1CCCCC1SC. The van der Waals surface area contributed by atoms with E-state index in [4.69, 9.17) is 0 Å². The van der Waals surface area contributed by atoms with E-state index in [0.717, 1.165) is 0 Å². The molecule has 0 heterocycles. The Balaban J connectivity index is 2.24. The second-order valence-electron chi connectivity index (χ2n) is 4.14. The average Bonchev–Trinajstić information content (AvgIpc) is 2.34. The summed E-state index contributed by atoms with van der Waals surface area (Å²) in [6, 6.07) is 0.498. The van der Waals surface area contributed by atoms with Gasteiger partial charge in [0.25, 0.3) is 0 Å². The fraction of sp³-hybridized carbons (Fsp3) is 0.750. The number of carbonyl (C=O) groups is 1. The first kappa shape index (κ1) is 13.6. The molecule has 0 spiro atoms. The van der Waals surface area contributed by atoms with Gasteiger partial charge in [-0.2, -0.15) is 11.8 Å². The quantitative estimate of drug-likeness (QED) is 0.694. The lowest BCUT2D eigenvalue weighted by molar-refractivity contribution is -0.120. The van der Waals surface area contributed by atoms with Crippen molar-refractivity contribution in [3.63, 3.8) is 0 Å². The van der Waals surface area contributed by atoms with Crippen LogP contribution in [0.4, 0.5) is 0 Å². The van der Waals surface area contributed by atoms with Gasteiger partial charge in [0.15, 0.2) is 0 Å². The van der Waals surface area contributed by atoms with Gasteiger partial charge in [0.2, 0.25) is 5.91 Å². The van der Waals surface area contributed by atoms with Crippen LogP contribution in [-0.2, 0) is 4.79 Å². The number of hydrogen-bond acceptors (Lipinski definition) is 3. The van der Waals surface area contributed by atoms with Crippen LogP contribution in [-0.4, -0.2) is 36.5 Å². The molecular weight excluding hydrogens is 220 g/mol. The molecule has 1 aliphatic carbocycles. The maximum Gasteiger partial charge on any atom is 0.234 e. The molecule has 1 rings (SSSR count). The summed E-state index contributed by atoms with van der Waals surface area (Å²) in [6.07, 6.45) is 8.92. The molecule has 0 aromatic carbocycles. The molecule has 1 aliphatic rings. The van der Waals surface area contributed by atoms with Gasteiger partial charge in [0.05, 0.1) is 6.54 Å². The summed E-state index contributed by atoms with van der Waals surface area (Å²) in [5.74, 6) is 0.0605. The van der Waals surface area contributed by atoms with E-state index in [2.05, 4.69) is 23.5 Å². The summed E-state index contributed by atoms with van der Waals surface area (Å²) in [5.41, 5.74) is 0. The van der Waals surface area contributed by atoms with E-state index in [9.17, 15) is 4.79 Å². The second-order valence-corrected chi connectivity index (χ2v) is 5.22. The number of carbonyl (C=O) groups excluding carboxylic acids is 1. The third-order valence-corrected chi connectivity index (χ3v) is 4.14. The Hall–Kier alpha value is -0.480. The lowest BCUT2D eigenvalue weighted by Crippen LogP contribution is -2.45.